The van der Waals surface area contributed by atoms with Gasteiger partial charge in [-0.05, 0) is 38.1 Å². The van der Waals surface area contributed by atoms with E-state index in [4.69, 9.17) is 9.15 Å². The third-order valence-corrected chi connectivity index (χ3v) is 7.52. The number of anilines is 1. The largest absolute Gasteiger partial charge is 0.495 e. The van der Waals surface area contributed by atoms with Gasteiger partial charge in [0.15, 0.2) is 0 Å². The van der Waals surface area contributed by atoms with Crippen LogP contribution in [0.3, 0.4) is 0 Å². The number of aromatic nitrogens is 1. The Balaban J connectivity index is 1.72. The molecule has 9 nitrogen and oxygen atoms in total. The van der Waals surface area contributed by atoms with Gasteiger partial charge in [0.05, 0.1) is 7.11 Å². The molecule has 2 saturated heterocycles. The van der Waals surface area contributed by atoms with Crippen molar-refractivity contribution in [2.75, 3.05) is 58.3 Å². The molecule has 2 aromatic rings. The van der Waals surface area contributed by atoms with E-state index in [2.05, 4.69) is 16.0 Å². The van der Waals surface area contributed by atoms with E-state index in [1.165, 1.54) is 17.5 Å². The minimum absolute atomic E-state index is 0.0854. The summed E-state index contributed by atoms with van der Waals surface area (Å²) in [6.45, 7) is 4.19. The van der Waals surface area contributed by atoms with Gasteiger partial charge in [-0.1, -0.05) is 0 Å². The number of hydrogen-bond acceptors (Lipinski definition) is 8. The fourth-order valence-electron chi connectivity index (χ4n) is 3.81. The standard InChI is InChI=1S/C20H25N5O4S/c1-23-9-11-24(12-10-23)20-16(14-21)22-19(29-20)15-5-6-17(28-2)18(13-15)30(26,27)25-7-3-4-8-25/h5-6,13H,3-4,7-12H2,1-2H3. The summed E-state index contributed by atoms with van der Waals surface area (Å²) in [6.07, 6.45) is 1.70. The highest BCUT2D eigenvalue weighted by molar-refractivity contribution is 7.89. The zero-order valence-corrected chi connectivity index (χ0v) is 18.0. The predicted octanol–water partition coefficient (Wildman–Crippen LogP) is 1.76. The monoisotopic (exact) mass is 431 g/mol. The first-order chi connectivity index (χ1) is 14.4. The van der Waals surface area contributed by atoms with Crippen molar-refractivity contribution in [3.8, 4) is 23.3 Å². The molecule has 1 aromatic carbocycles. The van der Waals surface area contributed by atoms with Gasteiger partial charge in [0.1, 0.15) is 16.7 Å². The molecule has 10 heteroatoms. The van der Waals surface area contributed by atoms with Gasteiger partial charge < -0.3 is 19.0 Å². The number of piperazine rings is 1. The number of ether oxygens (including phenoxy) is 1. The number of rotatable bonds is 5. The van der Waals surface area contributed by atoms with Gasteiger partial charge in [0.25, 0.3) is 0 Å². The molecular weight excluding hydrogens is 406 g/mol. The highest BCUT2D eigenvalue weighted by Crippen LogP contribution is 2.35. The zero-order chi connectivity index (χ0) is 21.3. The lowest BCUT2D eigenvalue weighted by atomic mass is 10.2. The van der Waals surface area contributed by atoms with Crippen LogP contribution in [0.2, 0.25) is 0 Å². The van der Waals surface area contributed by atoms with Crippen LogP contribution in [0, 0.1) is 11.3 Å². The van der Waals surface area contributed by atoms with Crippen molar-refractivity contribution >= 4 is 15.9 Å². The summed E-state index contributed by atoms with van der Waals surface area (Å²) in [7, 11) is -0.193. The quantitative estimate of drug-likeness (QED) is 0.706. The van der Waals surface area contributed by atoms with Gasteiger partial charge in [0.2, 0.25) is 27.5 Å². The molecule has 3 heterocycles. The van der Waals surface area contributed by atoms with E-state index in [0.29, 0.717) is 24.5 Å². The van der Waals surface area contributed by atoms with Gasteiger partial charge in [-0.2, -0.15) is 14.6 Å². The molecule has 0 amide bonds. The maximum Gasteiger partial charge on any atom is 0.246 e. The topological polar surface area (TPSA) is 103 Å². The van der Waals surface area contributed by atoms with Crippen molar-refractivity contribution in [2.45, 2.75) is 17.7 Å². The Morgan fingerprint density at radius 2 is 1.83 bits per heavy atom. The molecule has 0 unspecified atom stereocenters. The molecule has 0 bridgehead atoms. The lowest BCUT2D eigenvalue weighted by Gasteiger charge is -2.31. The predicted molar refractivity (Wildman–Crippen MR) is 111 cm³/mol. The van der Waals surface area contributed by atoms with E-state index in [1.54, 1.807) is 12.1 Å². The lowest BCUT2D eigenvalue weighted by molar-refractivity contribution is 0.306. The van der Waals surface area contributed by atoms with Crippen LogP contribution in [0.25, 0.3) is 11.5 Å². The van der Waals surface area contributed by atoms with Crippen LogP contribution in [-0.2, 0) is 10.0 Å². The van der Waals surface area contributed by atoms with Gasteiger partial charge in [-0.25, -0.2) is 8.42 Å². The normalized spacial score (nSPS) is 18.5. The molecule has 2 aliphatic rings. The summed E-state index contributed by atoms with van der Waals surface area (Å²) in [5.41, 5.74) is 0.694. The molecule has 0 aliphatic carbocycles. The number of benzene rings is 1. The number of likely N-dealkylation sites (N-methyl/N-ethyl adjacent to an activating group) is 1. The average molecular weight is 432 g/mol. The van der Waals surface area contributed by atoms with E-state index in [0.717, 1.165) is 39.0 Å². The third-order valence-electron chi connectivity index (χ3n) is 5.60. The van der Waals surface area contributed by atoms with Crippen molar-refractivity contribution in [3.63, 3.8) is 0 Å². The summed E-state index contributed by atoms with van der Waals surface area (Å²) in [5, 5.41) is 9.54. The number of nitriles is 1. The Labute approximate surface area is 176 Å². The smallest absolute Gasteiger partial charge is 0.246 e. The minimum Gasteiger partial charge on any atom is -0.495 e. The average Bonchev–Trinajstić information content (AvgIpc) is 3.44. The van der Waals surface area contributed by atoms with Crippen molar-refractivity contribution in [2.24, 2.45) is 0 Å². The van der Waals surface area contributed by atoms with Crippen LogP contribution in [0.5, 0.6) is 5.75 Å². The van der Waals surface area contributed by atoms with Crippen molar-refractivity contribution in [1.82, 2.24) is 14.2 Å². The summed E-state index contributed by atoms with van der Waals surface area (Å²) in [4.78, 5) is 8.63. The van der Waals surface area contributed by atoms with Gasteiger partial charge >= 0.3 is 0 Å². The van der Waals surface area contributed by atoms with Crippen LogP contribution in [-0.4, -0.2) is 76.0 Å². The number of oxazole rings is 1. The van der Waals surface area contributed by atoms with Crippen LogP contribution in [0.1, 0.15) is 18.5 Å². The SMILES string of the molecule is COc1ccc(-c2nc(C#N)c(N3CCN(C)CC3)o2)cc1S(=O)(=O)N1CCCC1. The first-order valence-corrected chi connectivity index (χ1v) is 11.4. The van der Waals surface area contributed by atoms with E-state index in [9.17, 15) is 13.7 Å². The van der Waals surface area contributed by atoms with Gasteiger partial charge in [-0.15, -0.1) is 0 Å². The van der Waals surface area contributed by atoms with Gasteiger partial charge in [-0.3, -0.25) is 0 Å². The van der Waals surface area contributed by atoms with Crippen molar-refractivity contribution < 1.29 is 17.6 Å². The molecule has 0 spiro atoms. The molecule has 1 aromatic heterocycles. The molecule has 0 saturated carbocycles. The van der Waals surface area contributed by atoms with E-state index >= 15 is 0 Å². The van der Waals surface area contributed by atoms with Gasteiger partial charge in [0, 0.05) is 44.8 Å². The second-order valence-electron chi connectivity index (χ2n) is 7.55. The highest BCUT2D eigenvalue weighted by atomic mass is 32.2. The van der Waals surface area contributed by atoms with E-state index in [-0.39, 0.29) is 22.2 Å². The Kier molecular flexibility index (Phi) is 5.69. The summed E-state index contributed by atoms with van der Waals surface area (Å²) in [6, 6.07) is 6.91. The minimum atomic E-state index is -3.69. The second-order valence-corrected chi connectivity index (χ2v) is 9.46. The molecule has 160 valence electrons. The van der Waals surface area contributed by atoms with E-state index < -0.39 is 10.0 Å². The molecule has 0 N–H and O–H groups in total. The third kappa shape index (κ3) is 3.76. The molecule has 0 radical (unpaired) electrons. The Morgan fingerprint density at radius 3 is 2.47 bits per heavy atom. The first-order valence-electron chi connectivity index (χ1n) is 9.97. The summed E-state index contributed by atoms with van der Waals surface area (Å²) in [5.74, 6) is 0.929. The Morgan fingerprint density at radius 1 is 1.13 bits per heavy atom. The van der Waals surface area contributed by atoms with Crippen LogP contribution >= 0.6 is 0 Å². The molecule has 0 atom stereocenters. The Hall–Kier alpha value is -2.61. The fraction of sp³-hybridized carbons (Fsp3) is 0.500. The number of methoxy groups -OCH3 is 1. The maximum atomic E-state index is 13.1. The number of sulfonamides is 1. The fourth-order valence-corrected chi connectivity index (χ4v) is 5.51. The Bertz CT molecular complexity index is 1060. The van der Waals surface area contributed by atoms with Crippen LogP contribution in [0.15, 0.2) is 27.5 Å². The van der Waals surface area contributed by atoms with Crippen molar-refractivity contribution in [1.29, 1.82) is 5.26 Å². The van der Waals surface area contributed by atoms with Crippen LogP contribution < -0.4 is 9.64 Å². The lowest BCUT2D eigenvalue weighted by Crippen LogP contribution is -2.44. The summed E-state index contributed by atoms with van der Waals surface area (Å²) < 4.78 is 39.0. The first kappa shape index (κ1) is 20.7. The molecule has 30 heavy (non-hydrogen) atoms. The number of hydrogen-bond donors (Lipinski definition) is 0. The summed E-state index contributed by atoms with van der Waals surface area (Å²) >= 11 is 0. The molecule has 2 aliphatic heterocycles. The van der Waals surface area contributed by atoms with E-state index in [1.807, 2.05) is 11.9 Å². The molecule has 2 fully saturated rings. The van der Waals surface area contributed by atoms with Crippen molar-refractivity contribution in [3.05, 3.63) is 23.9 Å². The van der Waals surface area contributed by atoms with Crippen LogP contribution in [0.4, 0.5) is 5.88 Å². The second kappa shape index (κ2) is 8.26. The maximum absolute atomic E-state index is 13.1. The number of nitrogens with zero attached hydrogens (tertiary/aromatic N) is 5. The highest BCUT2D eigenvalue weighted by Gasteiger charge is 2.31. The zero-order valence-electron chi connectivity index (χ0n) is 17.2. The molecular formula is C20H25N5O4S. The molecule has 4 rings (SSSR count).